The highest BCUT2D eigenvalue weighted by Crippen LogP contribution is 2.60. The number of aromatic nitrogens is 3. The second kappa shape index (κ2) is 16.9. The first-order valence-corrected chi connectivity index (χ1v) is 23.5. The Morgan fingerprint density at radius 1 is 0.984 bits per heavy atom. The van der Waals surface area contributed by atoms with Gasteiger partial charge >= 0.3 is 0 Å². The number of ether oxygens (including phenoxy) is 2. The van der Waals surface area contributed by atoms with Gasteiger partial charge < -0.3 is 24.8 Å². The standard InChI is InChI=1S/C47H48N6O7Si/c1-31-44(61(3,4)38-22-20-37(59-2)21-23-38)43(25-26-51-29-41(49-50-51)39(30-54)33-11-7-5-8-12-33)60-47(31)40-27-36(53(57)58)19-24-42(40)52(46(47)56)28-32-15-17-35(18-16-32)48-45(55)34-13-9-6-10-14-34/h5-24,27,29,31,39,43-44,54H,25-26,28,30H2,1-4H3,(H,48,55)/t31-,39?,43+,44-,47+/m0/s1. The van der Waals surface area contributed by atoms with Crippen LogP contribution in [-0.4, -0.2) is 64.7 Å². The van der Waals surface area contributed by atoms with E-state index in [1.807, 2.05) is 66.9 Å². The van der Waals surface area contributed by atoms with Crippen molar-refractivity contribution in [2.75, 3.05) is 23.9 Å². The Balaban J connectivity index is 1.13. The molecule has 5 aromatic carbocycles. The number of hydrogen-bond acceptors (Lipinski definition) is 9. The van der Waals surface area contributed by atoms with Crippen molar-refractivity contribution in [1.82, 2.24) is 15.0 Å². The third-order valence-electron chi connectivity index (χ3n) is 12.6. The van der Waals surface area contributed by atoms with Crippen LogP contribution in [0.5, 0.6) is 5.75 Å². The monoisotopic (exact) mass is 836 g/mol. The van der Waals surface area contributed by atoms with E-state index in [9.17, 15) is 20.0 Å². The van der Waals surface area contributed by atoms with Crippen molar-refractivity contribution in [2.24, 2.45) is 5.92 Å². The third-order valence-corrected chi connectivity index (χ3v) is 16.9. The number of fused-ring (bicyclic) bond motifs is 2. The molecule has 14 heteroatoms. The number of hydrogen-bond donors (Lipinski definition) is 2. The summed E-state index contributed by atoms with van der Waals surface area (Å²) in [6.07, 6.45) is 1.88. The summed E-state index contributed by atoms with van der Waals surface area (Å²) in [4.78, 5) is 41.7. The number of benzene rings is 5. The first kappa shape index (κ1) is 41.3. The summed E-state index contributed by atoms with van der Waals surface area (Å²) in [6, 6.07) is 38.6. The number of non-ortho nitro benzene ring substituents is 1. The van der Waals surface area contributed by atoms with Crippen LogP contribution in [0.3, 0.4) is 0 Å². The molecule has 1 unspecified atom stereocenters. The van der Waals surface area contributed by atoms with E-state index in [-0.39, 0.29) is 42.1 Å². The van der Waals surface area contributed by atoms with E-state index in [0.717, 1.165) is 22.1 Å². The summed E-state index contributed by atoms with van der Waals surface area (Å²) >= 11 is 0. The molecule has 0 radical (unpaired) electrons. The van der Waals surface area contributed by atoms with E-state index in [1.165, 1.54) is 12.1 Å². The number of aryl methyl sites for hydroxylation is 1. The van der Waals surface area contributed by atoms with Gasteiger partial charge in [0.1, 0.15) is 5.75 Å². The van der Waals surface area contributed by atoms with Crippen LogP contribution in [0.2, 0.25) is 18.6 Å². The van der Waals surface area contributed by atoms with Crippen LogP contribution in [0.15, 0.2) is 134 Å². The van der Waals surface area contributed by atoms with Crippen molar-refractivity contribution in [2.45, 2.75) is 62.7 Å². The summed E-state index contributed by atoms with van der Waals surface area (Å²) in [6.45, 7) is 7.10. The highest BCUT2D eigenvalue weighted by Gasteiger charge is 2.66. The van der Waals surface area contributed by atoms with Crippen molar-refractivity contribution in [3.05, 3.63) is 172 Å². The molecule has 0 bridgehead atoms. The van der Waals surface area contributed by atoms with Crippen LogP contribution in [0.25, 0.3) is 0 Å². The second-order valence-corrected chi connectivity index (χ2v) is 21.1. The summed E-state index contributed by atoms with van der Waals surface area (Å²) in [5.41, 5.74) is 2.80. The quantitative estimate of drug-likeness (QED) is 0.0646. The zero-order valence-corrected chi connectivity index (χ0v) is 35.5. The van der Waals surface area contributed by atoms with Crippen molar-refractivity contribution in [1.29, 1.82) is 0 Å². The first-order chi connectivity index (χ1) is 29.4. The molecule has 8 rings (SSSR count). The predicted molar refractivity (Wildman–Crippen MR) is 235 cm³/mol. The summed E-state index contributed by atoms with van der Waals surface area (Å²) in [7, 11) is -0.894. The maximum Gasteiger partial charge on any atom is 0.269 e. The highest BCUT2D eigenvalue weighted by molar-refractivity contribution is 6.91. The Hall–Kier alpha value is -6.48. The molecule has 61 heavy (non-hydrogen) atoms. The third kappa shape index (κ3) is 7.73. The van der Waals surface area contributed by atoms with Gasteiger partial charge in [-0.3, -0.25) is 24.4 Å². The van der Waals surface area contributed by atoms with Crippen LogP contribution in [0.4, 0.5) is 17.1 Å². The number of amides is 2. The number of nitrogens with one attached hydrogen (secondary N) is 1. The maximum atomic E-state index is 15.3. The van der Waals surface area contributed by atoms with E-state index in [1.54, 1.807) is 59.2 Å². The number of carbonyl (C=O) groups is 2. The fourth-order valence-corrected chi connectivity index (χ4v) is 13.5. The van der Waals surface area contributed by atoms with Crippen LogP contribution >= 0.6 is 0 Å². The molecule has 312 valence electrons. The number of nitro benzene ring substituents is 1. The lowest BCUT2D eigenvalue weighted by Gasteiger charge is -2.37. The number of carbonyl (C=O) groups excluding carboxylic acids is 2. The zero-order valence-electron chi connectivity index (χ0n) is 34.5. The molecular weight excluding hydrogens is 789 g/mol. The van der Waals surface area contributed by atoms with Gasteiger partial charge in [-0.25, -0.2) is 0 Å². The van der Waals surface area contributed by atoms with Gasteiger partial charge in [-0.1, -0.05) is 103 Å². The molecule has 1 saturated heterocycles. The SMILES string of the molecule is COc1ccc([Si](C)(C)[C@@H]2[C@@H](CCn3cc(C(CO)c4ccccc4)nn3)O[C@]3(C(=O)N(Cc4ccc(NC(=O)c5ccccc5)cc4)c4ccc([N+](=O)[O-])cc43)[C@H]2C)cc1. The zero-order chi connectivity index (χ0) is 42.9. The number of methoxy groups -OCH3 is 1. The Morgan fingerprint density at radius 3 is 2.33 bits per heavy atom. The molecule has 1 spiro atoms. The average Bonchev–Trinajstić information content (AvgIpc) is 3.94. The van der Waals surface area contributed by atoms with Gasteiger partial charge in [0, 0.05) is 47.6 Å². The average molecular weight is 837 g/mol. The first-order valence-electron chi connectivity index (χ1n) is 20.4. The number of rotatable bonds is 14. The Labute approximate surface area is 355 Å². The molecule has 6 aromatic rings. The van der Waals surface area contributed by atoms with Crippen molar-refractivity contribution >= 4 is 42.1 Å². The Kier molecular flexibility index (Phi) is 11.4. The topological polar surface area (TPSA) is 162 Å². The molecule has 2 N–H and O–H groups in total. The summed E-state index contributed by atoms with van der Waals surface area (Å²) in [5.74, 6) is -0.498. The lowest BCUT2D eigenvalue weighted by atomic mass is 9.82. The van der Waals surface area contributed by atoms with E-state index in [2.05, 4.69) is 47.8 Å². The van der Waals surface area contributed by atoms with Crippen molar-refractivity contribution < 1.29 is 29.1 Å². The van der Waals surface area contributed by atoms with Crippen LogP contribution < -0.4 is 20.1 Å². The lowest BCUT2D eigenvalue weighted by molar-refractivity contribution is -0.385. The molecule has 1 aromatic heterocycles. The van der Waals surface area contributed by atoms with Crippen molar-refractivity contribution in [3.8, 4) is 5.75 Å². The molecule has 13 nitrogen and oxygen atoms in total. The Morgan fingerprint density at radius 2 is 1.67 bits per heavy atom. The fraction of sp³-hybridized carbons (Fsp3) is 0.277. The van der Waals surface area contributed by atoms with Gasteiger partial charge in [0.25, 0.3) is 17.5 Å². The fourth-order valence-electron chi connectivity index (χ4n) is 9.41. The minimum absolute atomic E-state index is 0.123. The molecule has 1 fully saturated rings. The number of anilines is 2. The van der Waals surface area contributed by atoms with Crippen molar-refractivity contribution in [3.63, 3.8) is 0 Å². The summed E-state index contributed by atoms with van der Waals surface area (Å²) < 4.78 is 14.5. The van der Waals surface area contributed by atoms with Crippen LogP contribution in [0.1, 0.15) is 52.0 Å². The Bertz CT molecular complexity index is 2530. The van der Waals surface area contributed by atoms with Gasteiger partial charge in [0.2, 0.25) is 0 Å². The van der Waals surface area contributed by atoms with Gasteiger partial charge in [-0.15, -0.1) is 5.10 Å². The van der Waals surface area contributed by atoms with Gasteiger partial charge in [-0.2, -0.15) is 0 Å². The number of nitro groups is 1. The minimum Gasteiger partial charge on any atom is -0.497 e. The molecule has 0 saturated carbocycles. The normalized spacial score (nSPS) is 20.1. The molecule has 2 amide bonds. The van der Waals surface area contributed by atoms with E-state index < -0.39 is 30.6 Å². The molecular formula is C47H48N6O7Si. The molecule has 5 atom stereocenters. The number of nitrogens with zero attached hydrogens (tertiary/aromatic N) is 5. The van der Waals surface area contributed by atoms with E-state index in [4.69, 9.17) is 9.47 Å². The smallest absolute Gasteiger partial charge is 0.269 e. The van der Waals surface area contributed by atoms with Crippen LogP contribution in [-0.2, 0) is 28.2 Å². The molecule has 2 aliphatic heterocycles. The van der Waals surface area contributed by atoms with Gasteiger partial charge in [0.05, 0.1) is 56.7 Å². The molecule has 2 aliphatic rings. The number of aliphatic hydroxyl groups is 1. The van der Waals surface area contributed by atoms with Gasteiger partial charge in [0.15, 0.2) is 5.60 Å². The summed E-state index contributed by atoms with van der Waals surface area (Å²) in [5, 5.41) is 35.6. The van der Waals surface area contributed by atoms with E-state index >= 15 is 4.79 Å². The van der Waals surface area contributed by atoms with E-state index in [0.29, 0.717) is 41.2 Å². The molecule has 3 heterocycles. The van der Waals surface area contributed by atoms with Gasteiger partial charge in [-0.05, 0) is 65.6 Å². The highest BCUT2D eigenvalue weighted by atomic mass is 28.3. The molecule has 0 aliphatic carbocycles. The lowest BCUT2D eigenvalue weighted by Crippen LogP contribution is -2.51. The van der Waals surface area contributed by atoms with Crippen LogP contribution in [0, 0.1) is 16.0 Å². The maximum absolute atomic E-state index is 15.3. The minimum atomic E-state index is -2.53. The number of aliphatic hydroxyl groups excluding tert-OH is 1. The largest absolute Gasteiger partial charge is 0.497 e. The predicted octanol–water partition coefficient (Wildman–Crippen LogP) is 7.42. The second-order valence-electron chi connectivity index (χ2n) is 16.4.